The van der Waals surface area contributed by atoms with Crippen LogP contribution in [-0.2, 0) is 16.0 Å². The van der Waals surface area contributed by atoms with Gasteiger partial charge in [-0.05, 0) is 49.8 Å². The molecule has 0 saturated carbocycles. The van der Waals surface area contributed by atoms with Crippen LogP contribution in [0.15, 0.2) is 36.4 Å². The van der Waals surface area contributed by atoms with Crippen LogP contribution in [0.3, 0.4) is 0 Å². The zero-order valence-corrected chi connectivity index (χ0v) is 18.8. The molecule has 0 bridgehead atoms. The first-order valence-corrected chi connectivity index (χ1v) is 11.2. The van der Waals surface area contributed by atoms with Crippen molar-refractivity contribution < 1.29 is 24.5 Å². The fourth-order valence-corrected chi connectivity index (χ4v) is 2.91. The van der Waals surface area contributed by atoms with E-state index in [4.69, 9.17) is 14.9 Å². The molecule has 0 heterocycles. The first-order valence-electron chi connectivity index (χ1n) is 11.2. The van der Waals surface area contributed by atoms with Crippen LogP contribution in [-0.4, -0.2) is 29.3 Å². The molecule has 0 amide bonds. The zero-order valence-electron chi connectivity index (χ0n) is 18.8. The van der Waals surface area contributed by atoms with Gasteiger partial charge in [-0.2, -0.15) is 0 Å². The van der Waals surface area contributed by atoms with Gasteiger partial charge in [-0.15, -0.1) is 0 Å². The summed E-state index contributed by atoms with van der Waals surface area (Å²) in [6, 6.07) is 6.98. The van der Waals surface area contributed by atoms with E-state index in [0.717, 1.165) is 24.2 Å². The lowest BCUT2D eigenvalue weighted by Gasteiger charge is -1.99. The molecule has 0 atom stereocenters. The minimum atomic E-state index is -0.819. The molecule has 0 radical (unpaired) electrons. The number of carboxylic acids is 2. The second kappa shape index (κ2) is 20.0. The zero-order chi connectivity index (χ0) is 22.5. The van der Waals surface area contributed by atoms with Crippen molar-refractivity contribution in [1.82, 2.24) is 0 Å². The van der Waals surface area contributed by atoms with Gasteiger partial charge >= 0.3 is 11.9 Å². The molecule has 30 heavy (non-hydrogen) atoms. The van der Waals surface area contributed by atoms with Gasteiger partial charge < -0.3 is 14.9 Å². The summed E-state index contributed by atoms with van der Waals surface area (Å²) in [6.07, 6.45) is 18.4. The van der Waals surface area contributed by atoms with Crippen LogP contribution >= 0.6 is 0 Å². The molecule has 0 aliphatic rings. The molecule has 0 spiro atoms. The topological polar surface area (TPSA) is 83.8 Å². The highest BCUT2D eigenvalue weighted by molar-refractivity contribution is 5.70. The van der Waals surface area contributed by atoms with Gasteiger partial charge in [0.25, 0.3) is 0 Å². The monoisotopic (exact) mass is 420 g/mol. The predicted octanol–water partition coefficient (Wildman–Crippen LogP) is 6.65. The van der Waals surface area contributed by atoms with Gasteiger partial charge in [0.05, 0.1) is 13.5 Å². The first-order chi connectivity index (χ1) is 14.5. The van der Waals surface area contributed by atoms with Crippen molar-refractivity contribution in [2.45, 2.75) is 90.4 Å². The Balaban J connectivity index is 0.000000604. The Bertz CT molecular complexity index is 578. The van der Waals surface area contributed by atoms with Gasteiger partial charge in [-0.3, -0.25) is 9.59 Å². The van der Waals surface area contributed by atoms with Gasteiger partial charge in [0.1, 0.15) is 5.75 Å². The van der Waals surface area contributed by atoms with E-state index in [0.29, 0.717) is 6.42 Å². The van der Waals surface area contributed by atoms with Gasteiger partial charge in [0.15, 0.2) is 0 Å². The third-order valence-corrected chi connectivity index (χ3v) is 4.67. The van der Waals surface area contributed by atoms with Crippen LogP contribution in [0.2, 0.25) is 0 Å². The van der Waals surface area contributed by atoms with E-state index in [-0.39, 0.29) is 6.42 Å². The van der Waals surface area contributed by atoms with Gasteiger partial charge in [-0.25, -0.2) is 0 Å². The maximum absolute atomic E-state index is 10.3. The standard InChI is InChI=1S/C16H30O2.C9H10O3/c1-2-3-4-5-6-7-8-9-10-11-12-13-14-15-16(17)18;1-12-8-4-2-7(3-5-8)6-9(10)11/h7-8H,2-6,9-15H2,1H3,(H,17,18);2-5H,6H2,1H3,(H,10,11)/b8-7-;. The van der Waals surface area contributed by atoms with Crippen molar-refractivity contribution in [2.75, 3.05) is 7.11 Å². The van der Waals surface area contributed by atoms with Crippen molar-refractivity contribution in [2.24, 2.45) is 0 Å². The number of carbonyl (C=O) groups is 2. The average Bonchev–Trinajstić information content (AvgIpc) is 2.72. The molecule has 1 aromatic rings. The van der Waals surface area contributed by atoms with E-state index in [1.165, 1.54) is 57.8 Å². The Morgan fingerprint density at radius 1 is 0.800 bits per heavy atom. The van der Waals surface area contributed by atoms with E-state index in [2.05, 4.69) is 19.1 Å². The van der Waals surface area contributed by atoms with Crippen LogP contribution in [0.4, 0.5) is 0 Å². The van der Waals surface area contributed by atoms with E-state index >= 15 is 0 Å². The fourth-order valence-electron chi connectivity index (χ4n) is 2.91. The molecule has 170 valence electrons. The fraction of sp³-hybridized carbons (Fsp3) is 0.600. The molecule has 0 aromatic heterocycles. The van der Waals surface area contributed by atoms with Crippen LogP contribution < -0.4 is 4.74 Å². The number of allylic oxidation sites excluding steroid dienone is 2. The van der Waals surface area contributed by atoms with Crippen LogP contribution in [0.5, 0.6) is 5.75 Å². The second-order valence-electron chi connectivity index (χ2n) is 7.44. The van der Waals surface area contributed by atoms with Gasteiger partial charge in [0, 0.05) is 6.42 Å². The maximum Gasteiger partial charge on any atom is 0.307 e. The van der Waals surface area contributed by atoms with Crippen LogP contribution in [0.25, 0.3) is 0 Å². The molecule has 0 fully saturated rings. The summed E-state index contributed by atoms with van der Waals surface area (Å²) in [5.74, 6) is -0.745. The number of unbranched alkanes of at least 4 members (excludes halogenated alkanes) is 9. The Morgan fingerprint density at radius 2 is 1.33 bits per heavy atom. The van der Waals surface area contributed by atoms with Crippen molar-refractivity contribution >= 4 is 11.9 Å². The van der Waals surface area contributed by atoms with E-state index in [9.17, 15) is 9.59 Å². The molecule has 0 unspecified atom stereocenters. The van der Waals surface area contributed by atoms with Gasteiger partial charge in [0.2, 0.25) is 0 Å². The lowest BCUT2D eigenvalue weighted by molar-refractivity contribution is -0.137. The predicted molar refractivity (Wildman–Crippen MR) is 122 cm³/mol. The Kier molecular flexibility index (Phi) is 18.5. The van der Waals surface area contributed by atoms with E-state index in [1.54, 1.807) is 31.4 Å². The molecule has 0 aliphatic heterocycles. The molecule has 0 aliphatic carbocycles. The number of aliphatic carboxylic acids is 2. The number of rotatable bonds is 16. The molecular formula is C25H40O5. The van der Waals surface area contributed by atoms with Crippen molar-refractivity contribution in [3.63, 3.8) is 0 Å². The summed E-state index contributed by atoms with van der Waals surface area (Å²) in [5.41, 5.74) is 0.781. The third-order valence-electron chi connectivity index (χ3n) is 4.67. The smallest absolute Gasteiger partial charge is 0.307 e. The largest absolute Gasteiger partial charge is 0.497 e. The van der Waals surface area contributed by atoms with Gasteiger partial charge in [-0.1, -0.05) is 69.7 Å². The molecule has 1 aromatic carbocycles. The Hall–Kier alpha value is -2.30. The van der Waals surface area contributed by atoms with Crippen molar-refractivity contribution in [3.8, 4) is 5.75 Å². The lowest BCUT2D eigenvalue weighted by Crippen LogP contribution is -1.99. The highest BCUT2D eigenvalue weighted by Gasteiger charge is 1.99. The normalized spacial score (nSPS) is 10.5. The number of carboxylic acid groups (broad SMARTS) is 2. The molecule has 1 rings (SSSR count). The minimum absolute atomic E-state index is 0.0595. The summed E-state index contributed by atoms with van der Waals surface area (Å²) in [5, 5.41) is 16.9. The highest BCUT2D eigenvalue weighted by atomic mass is 16.5. The molecule has 0 saturated heterocycles. The van der Waals surface area contributed by atoms with E-state index in [1.807, 2.05) is 0 Å². The molecule has 2 N–H and O–H groups in total. The summed E-state index contributed by atoms with van der Waals surface area (Å²) in [7, 11) is 1.58. The number of hydrogen-bond donors (Lipinski definition) is 2. The Morgan fingerprint density at radius 3 is 1.83 bits per heavy atom. The van der Waals surface area contributed by atoms with Crippen molar-refractivity contribution in [1.29, 1.82) is 0 Å². The second-order valence-corrected chi connectivity index (χ2v) is 7.44. The maximum atomic E-state index is 10.3. The average molecular weight is 421 g/mol. The molecule has 5 nitrogen and oxygen atoms in total. The molecule has 5 heteroatoms. The summed E-state index contributed by atoms with van der Waals surface area (Å²) >= 11 is 0. The number of methoxy groups -OCH3 is 1. The highest BCUT2D eigenvalue weighted by Crippen LogP contribution is 2.11. The summed E-state index contributed by atoms with van der Waals surface area (Å²) in [6.45, 7) is 2.24. The van der Waals surface area contributed by atoms with E-state index < -0.39 is 11.9 Å². The SMILES string of the molecule is CCCCCC/C=C\CCCCCCCC(=O)O.COc1ccc(CC(=O)O)cc1. The minimum Gasteiger partial charge on any atom is -0.497 e. The van der Waals surface area contributed by atoms with Crippen LogP contribution in [0, 0.1) is 0 Å². The number of ether oxygens (including phenoxy) is 1. The van der Waals surface area contributed by atoms with Crippen LogP contribution in [0.1, 0.15) is 89.5 Å². The Labute approximate surface area is 182 Å². The summed E-state index contributed by atoms with van der Waals surface area (Å²) < 4.78 is 4.93. The summed E-state index contributed by atoms with van der Waals surface area (Å²) in [4.78, 5) is 20.6. The first kappa shape index (κ1) is 27.7. The number of hydrogen-bond acceptors (Lipinski definition) is 3. The third kappa shape index (κ3) is 19.0. The molecular weight excluding hydrogens is 380 g/mol. The van der Waals surface area contributed by atoms with Crippen molar-refractivity contribution in [3.05, 3.63) is 42.0 Å². The lowest BCUT2D eigenvalue weighted by atomic mass is 10.1. The quantitative estimate of drug-likeness (QED) is 0.231. The number of benzene rings is 1.